The first kappa shape index (κ1) is 16.5. The minimum Gasteiger partial charge on any atom is -0.494 e. The smallest absolute Gasteiger partial charge is 0.243 e. The van der Waals surface area contributed by atoms with Gasteiger partial charge in [0, 0.05) is 5.69 Å². The third-order valence-electron chi connectivity index (χ3n) is 3.29. The molecule has 1 heterocycles. The average molecular weight is 309 g/mol. The molecule has 118 valence electrons. The van der Waals surface area contributed by atoms with E-state index in [-0.39, 0.29) is 5.91 Å². The van der Waals surface area contributed by atoms with Gasteiger partial charge in [-0.3, -0.25) is 4.79 Å². The number of nitriles is 1. The molecule has 0 saturated carbocycles. The zero-order valence-electron chi connectivity index (χ0n) is 13.2. The van der Waals surface area contributed by atoms with Gasteiger partial charge in [0.05, 0.1) is 12.7 Å². The molecule has 1 aromatic carbocycles. The number of aromatic nitrogens is 1. The van der Waals surface area contributed by atoms with Crippen molar-refractivity contribution in [3.05, 3.63) is 53.7 Å². The Kier molecular flexibility index (Phi) is 5.70. The molecule has 1 N–H and O–H groups in total. The monoisotopic (exact) mass is 309 g/mol. The van der Waals surface area contributed by atoms with Crippen LogP contribution in [0, 0.1) is 24.2 Å². The van der Waals surface area contributed by atoms with Gasteiger partial charge in [0.15, 0.2) is 0 Å². The highest BCUT2D eigenvalue weighted by molar-refractivity contribution is 5.93. The van der Waals surface area contributed by atoms with Crippen molar-refractivity contribution in [3.63, 3.8) is 0 Å². The normalized spacial score (nSPS) is 11.3. The van der Waals surface area contributed by atoms with Gasteiger partial charge in [-0.1, -0.05) is 18.2 Å². The molecule has 0 spiro atoms. The Balaban J connectivity index is 2.01. The van der Waals surface area contributed by atoms with Crippen molar-refractivity contribution in [2.24, 2.45) is 5.92 Å². The molecule has 0 aliphatic heterocycles. The summed E-state index contributed by atoms with van der Waals surface area (Å²) in [6, 6.07) is 14.8. The van der Waals surface area contributed by atoms with E-state index in [1.807, 2.05) is 50.2 Å². The van der Waals surface area contributed by atoms with E-state index in [9.17, 15) is 10.1 Å². The Hall–Kier alpha value is -2.87. The van der Waals surface area contributed by atoms with Crippen LogP contribution >= 0.6 is 0 Å². The summed E-state index contributed by atoms with van der Waals surface area (Å²) in [5, 5.41) is 12.0. The predicted molar refractivity (Wildman–Crippen MR) is 88.0 cm³/mol. The van der Waals surface area contributed by atoms with E-state index in [1.54, 1.807) is 6.07 Å². The minimum absolute atomic E-state index is 0.348. The van der Waals surface area contributed by atoms with E-state index in [0.717, 1.165) is 17.0 Å². The molecule has 5 heteroatoms. The molecule has 0 aliphatic rings. The number of nitrogens with one attached hydrogen (secondary N) is 1. The van der Waals surface area contributed by atoms with Crippen molar-refractivity contribution in [1.82, 2.24) is 4.98 Å². The lowest BCUT2D eigenvalue weighted by Crippen LogP contribution is -2.24. The highest BCUT2D eigenvalue weighted by atomic mass is 16.5. The molecule has 5 nitrogen and oxygen atoms in total. The Morgan fingerprint density at radius 1 is 1.30 bits per heavy atom. The lowest BCUT2D eigenvalue weighted by molar-refractivity contribution is -0.118. The van der Waals surface area contributed by atoms with Crippen molar-refractivity contribution < 1.29 is 9.53 Å². The molecule has 0 aliphatic carbocycles. The Morgan fingerprint density at radius 2 is 2.04 bits per heavy atom. The van der Waals surface area contributed by atoms with E-state index < -0.39 is 5.92 Å². The van der Waals surface area contributed by atoms with Gasteiger partial charge in [-0.2, -0.15) is 5.26 Å². The summed E-state index contributed by atoms with van der Waals surface area (Å²) in [7, 11) is 0. The first-order valence-corrected chi connectivity index (χ1v) is 7.48. The topological polar surface area (TPSA) is 75.0 Å². The van der Waals surface area contributed by atoms with Crippen LogP contribution in [0.3, 0.4) is 0 Å². The average Bonchev–Trinajstić information content (AvgIpc) is 2.54. The highest BCUT2D eigenvalue weighted by Crippen LogP contribution is 2.16. The fourth-order valence-electron chi connectivity index (χ4n) is 2.15. The van der Waals surface area contributed by atoms with Crippen molar-refractivity contribution in [1.29, 1.82) is 5.26 Å². The summed E-state index contributed by atoms with van der Waals surface area (Å²) in [6.45, 7) is 4.37. The Bertz CT molecular complexity index is 705. The van der Waals surface area contributed by atoms with Crippen LogP contribution in [-0.2, 0) is 11.2 Å². The molecule has 1 amide bonds. The van der Waals surface area contributed by atoms with E-state index in [4.69, 9.17) is 4.74 Å². The first-order chi connectivity index (χ1) is 11.1. The van der Waals surface area contributed by atoms with Crippen molar-refractivity contribution >= 4 is 11.7 Å². The number of anilines is 1. The number of rotatable bonds is 6. The zero-order valence-corrected chi connectivity index (χ0v) is 13.2. The number of hydrogen-bond donors (Lipinski definition) is 1. The lowest BCUT2D eigenvalue weighted by Gasteiger charge is -2.11. The fourth-order valence-corrected chi connectivity index (χ4v) is 2.15. The van der Waals surface area contributed by atoms with Crippen LogP contribution in [0.1, 0.15) is 18.2 Å². The number of carbonyl (C=O) groups is 1. The zero-order chi connectivity index (χ0) is 16.7. The second kappa shape index (κ2) is 7.95. The molecular formula is C18H19N3O2. The summed E-state index contributed by atoms with van der Waals surface area (Å²) in [5.74, 6) is 0.120. The van der Waals surface area contributed by atoms with Crippen molar-refractivity contribution in [2.45, 2.75) is 20.3 Å². The third kappa shape index (κ3) is 4.82. The van der Waals surface area contributed by atoms with Gasteiger partial charge in [-0.25, -0.2) is 4.98 Å². The maximum atomic E-state index is 12.2. The van der Waals surface area contributed by atoms with E-state index in [0.29, 0.717) is 18.8 Å². The van der Waals surface area contributed by atoms with Crippen LogP contribution < -0.4 is 10.1 Å². The number of amides is 1. The molecule has 0 fully saturated rings. The number of aryl methyl sites for hydroxylation is 1. The van der Waals surface area contributed by atoms with Gasteiger partial charge in [0.1, 0.15) is 17.5 Å². The minimum atomic E-state index is -0.768. The van der Waals surface area contributed by atoms with Crippen molar-refractivity contribution in [2.75, 3.05) is 11.9 Å². The van der Waals surface area contributed by atoms with Gasteiger partial charge in [0.2, 0.25) is 5.91 Å². The number of benzene rings is 1. The molecule has 1 aromatic heterocycles. The van der Waals surface area contributed by atoms with Gasteiger partial charge in [0.25, 0.3) is 0 Å². The molecule has 2 aromatic rings. The quantitative estimate of drug-likeness (QED) is 0.889. The van der Waals surface area contributed by atoms with Crippen LogP contribution in [0.5, 0.6) is 5.75 Å². The van der Waals surface area contributed by atoms with Crippen LogP contribution in [0.25, 0.3) is 0 Å². The second-order valence-electron chi connectivity index (χ2n) is 5.12. The highest BCUT2D eigenvalue weighted by Gasteiger charge is 2.19. The Labute approximate surface area is 135 Å². The number of ether oxygens (including phenoxy) is 1. The third-order valence-corrected chi connectivity index (χ3v) is 3.29. The molecule has 23 heavy (non-hydrogen) atoms. The molecule has 0 bridgehead atoms. The lowest BCUT2D eigenvalue weighted by atomic mass is 10.00. The van der Waals surface area contributed by atoms with Crippen LogP contribution in [0.15, 0.2) is 42.5 Å². The number of nitrogens with zero attached hydrogens (tertiary/aromatic N) is 2. The predicted octanol–water partition coefficient (Wildman–Crippen LogP) is 3.11. The SMILES string of the molecule is CCOc1ccc(CC(C#N)C(=O)Nc2cccc(C)n2)cc1. The van der Waals surface area contributed by atoms with Crippen LogP contribution in [-0.4, -0.2) is 17.5 Å². The number of pyridine rings is 1. The fraction of sp³-hybridized carbons (Fsp3) is 0.278. The maximum Gasteiger partial charge on any atom is 0.243 e. The second-order valence-corrected chi connectivity index (χ2v) is 5.12. The summed E-state index contributed by atoms with van der Waals surface area (Å²) < 4.78 is 5.38. The molecule has 1 unspecified atom stereocenters. The van der Waals surface area contributed by atoms with Crippen LogP contribution in [0.2, 0.25) is 0 Å². The van der Waals surface area contributed by atoms with Gasteiger partial charge >= 0.3 is 0 Å². The van der Waals surface area contributed by atoms with Crippen molar-refractivity contribution in [3.8, 4) is 11.8 Å². The van der Waals surface area contributed by atoms with E-state index in [2.05, 4.69) is 16.4 Å². The summed E-state index contributed by atoms with van der Waals surface area (Å²) >= 11 is 0. The largest absolute Gasteiger partial charge is 0.494 e. The Morgan fingerprint density at radius 3 is 2.65 bits per heavy atom. The van der Waals surface area contributed by atoms with Gasteiger partial charge < -0.3 is 10.1 Å². The first-order valence-electron chi connectivity index (χ1n) is 7.48. The molecular weight excluding hydrogens is 290 g/mol. The van der Waals surface area contributed by atoms with Crippen LogP contribution in [0.4, 0.5) is 5.82 Å². The molecule has 1 atom stereocenters. The van der Waals surface area contributed by atoms with E-state index in [1.165, 1.54) is 0 Å². The maximum absolute atomic E-state index is 12.2. The number of carbonyl (C=O) groups excluding carboxylic acids is 1. The summed E-state index contributed by atoms with van der Waals surface area (Å²) in [4.78, 5) is 16.4. The summed E-state index contributed by atoms with van der Waals surface area (Å²) in [6.07, 6.45) is 0.348. The number of hydrogen-bond acceptors (Lipinski definition) is 4. The molecule has 0 saturated heterocycles. The van der Waals surface area contributed by atoms with Gasteiger partial charge in [-0.05, 0) is 50.1 Å². The standard InChI is InChI=1S/C18H19N3O2/c1-3-23-16-9-7-14(8-10-16)11-15(12-19)18(22)21-17-6-4-5-13(2)20-17/h4-10,15H,3,11H2,1-2H3,(H,20,21,22). The summed E-state index contributed by atoms with van der Waals surface area (Å²) in [5.41, 5.74) is 1.72. The van der Waals surface area contributed by atoms with E-state index >= 15 is 0 Å². The van der Waals surface area contributed by atoms with Gasteiger partial charge in [-0.15, -0.1) is 0 Å². The molecule has 2 rings (SSSR count). The molecule has 0 radical (unpaired) electrons.